The van der Waals surface area contributed by atoms with Crippen molar-refractivity contribution in [3.05, 3.63) is 247 Å². The van der Waals surface area contributed by atoms with Crippen LogP contribution in [0.4, 0.5) is 17.1 Å². The zero-order chi connectivity index (χ0) is 37.1. The summed E-state index contributed by atoms with van der Waals surface area (Å²) in [5.74, 6) is 0. The fourth-order valence-electron chi connectivity index (χ4n) is 9.46. The molecule has 1 aliphatic rings. The number of nitrogens with zero attached hydrogens (tertiary/aromatic N) is 1. The molecule has 0 unspecified atom stereocenters. The maximum Gasteiger partial charge on any atom is 0.0714 e. The maximum atomic E-state index is 2.51. The molecular formula is C55H37N. The Morgan fingerprint density at radius 3 is 1.64 bits per heavy atom. The van der Waals surface area contributed by atoms with Crippen LogP contribution >= 0.6 is 0 Å². The molecule has 0 heterocycles. The molecule has 10 aromatic rings. The second kappa shape index (κ2) is 13.0. The zero-order valence-corrected chi connectivity index (χ0v) is 30.8. The van der Waals surface area contributed by atoms with Crippen molar-refractivity contribution in [3.63, 3.8) is 0 Å². The summed E-state index contributed by atoms with van der Waals surface area (Å²) in [4.78, 5) is 2.51. The Kier molecular flexibility index (Phi) is 7.47. The predicted molar refractivity (Wildman–Crippen MR) is 236 cm³/mol. The van der Waals surface area contributed by atoms with E-state index < -0.39 is 5.41 Å². The summed E-state index contributed by atoms with van der Waals surface area (Å²) in [7, 11) is 0. The van der Waals surface area contributed by atoms with Crippen molar-refractivity contribution in [2.75, 3.05) is 4.90 Å². The van der Waals surface area contributed by atoms with Gasteiger partial charge in [-0.15, -0.1) is 0 Å². The van der Waals surface area contributed by atoms with Crippen LogP contribution in [0.3, 0.4) is 0 Å². The highest BCUT2D eigenvalue weighted by molar-refractivity contribution is 6.15. The minimum Gasteiger partial charge on any atom is -0.309 e. The Labute approximate surface area is 327 Å². The number of benzene rings is 10. The molecule has 0 aromatic heterocycles. The fourth-order valence-corrected chi connectivity index (χ4v) is 9.46. The molecule has 11 rings (SSSR count). The van der Waals surface area contributed by atoms with Gasteiger partial charge in [0.25, 0.3) is 0 Å². The Bertz CT molecular complexity index is 3030. The monoisotopic (exact) mass is 711 g/mol. The SMILES string of the molecule is c1ccc(C2(c3ccccc3)c3ccccc3-c3c(N(c4ccc(-c5ccc6ccccc6c5)cc4)c4cc5ccccc5c5ccccc45)cccc32)cc1. The molecule has 1 heteroatoms. The highest BCUT2D eigenvalue weighted by atomic mass is 15.1. The summed E-state index contributed by atoms with van der Waals surface area (Å²) >= 11 is 0. The summed E-state index contributed by atoms with van der Waals surface area (Å²) in [6, 6.07) is 82.7. The molecule has 0 amide bonds. The fraction of sp³-hybridized carbons (Fsp3) is 0.0182. The first-order chi connectivity index (χ1) is 27.8. The summed E-state index contributed by atoms with van der Waals surface area (Å²) in [5.41, 5.74) is 12.9. The van der Waals surface area contributed by atoms with Crippen molar-refractivity contribution in [1.29, 1.82) is 0 Å². The second-order valence-electron chi connectivity index (χ2n) is 14.8. The van der Waals surface area contributed by atoms with E-state index in [1.54, 1.807) is 0 Å². The van der Waals surface area contributed by atoms with Crippen molar-refractivity contribution in [1.82, 2.24) is 0 Å². The summed E-state index contributed by atoms with van der Waals surface area (Å²) in [6.07, 6.45) is 0. The molecule has 10 aromatic carbocycles. The second-order valence-corrected chi connectivity index (χ2v) is 14.8. The van der Waals surface area contributed by atoms with Gasteiger partial charge in [0.2, 0.25) is 0 Å². The number of anilines is 3. The van der Waals surface area contributed by atoms with Crippen LogP contribution in [-0.2, 0) is 5.41 Å². The van der Waals surface area contributed by atoms with Gasteiger partial charge in [0.1, 0.15) is 0 Å². The van der Waals surface area contributed by atoms with Crippen molar-refractivity contribution < 1.29 is 0 Å². The Hall–Kier alpha value is -7.22. The van der Waals surface area contributed by atoms with Gasteiger partial charge in [-0.3, -0.25) is 0 Å². The van der Waals surface area contributed by atoms with E-state index in [-0.39, 0.29) is 0 Å². The van der Waals surface area contributed by atoms with E-state index in [0.717, 1.165) is 17.1 Å². The lowest BCUT2D eigenvalue weighted by Crippen LogP contribution is -2.28. The maximum absolute atomic E-state index is 2.51. The zero-order valence-electron chi connectivity index (χ0n) is 30.8. The molecule has 56 heavy (non-hydrogen) atoms. The average molecular weight is 712 g/mol. The molecule has 262 valence electrons. The van der Waals surface area contributed by atoms with Gasteiger partial charge in [0.05, 0.1) is 16.8 Å². The Balaban J connectivity index is 1.20. The summed E-state index contributed by atoms with van der Waals surface area (Å²) in [6.45, 7) is 0. The lowest BCUT2D eigenvalue weighted by molar-refractivity contribution is 0.768. The van der Waals surface area contributed by atoms with Gasteiger partial charge in [-0.05, 0) is 96.2 Å². The molecule has 0 radical (unpaired) electrons. The number of hydrogen-bond acceptors (Lipinski definition) is 1. The molecule has 0 atom stereocenters. The molecule has 1 aliphatic carbocycles. The third-order valence-electron chi connectivity index (χ3n) is 11.9. The van der Waals surface area contributed by atoms with Gasteiger partial charge < -0.3 is 4.90 Å². The smallest absolute Gasteiger partial charge is 0.0714 e. The van der Waals surface area contributed by atoms with Crippen LogP contribution in [0.1, 0.15) is 22.3 Å². The van der Waals surface area contributed by atoms with Crippen LogP contribution in [0.2, 0.25) is 0 Å². The third kappa shape index (κ3) is 4.88. The van der Waals surface area contributed by atoms with Gasteiger partial charge in [0.15, 0.2) is 0 Å². The van der Waals surface area contributed by atoms with Gasteiger partial charge in [0, 0.05) is 16.6 Å². The predicted octanol–water partition coefficient (Wildman–Crippen LogP) is 14.6. The molecule has 0 bridgehead atoms. The molecule has 0 saturated carbocycles. The third-order valence-corrected chi connectivity index (χ3v) is 11.9. The Morgan fingerprint density at radius 1 is 0.321 bits per heavy atom. The van der Waals surface area contributed by atoms with Crippen LogP contribution in [0.25, 0.3) is 54.6 Å². The van der Waals surface area contributed by atoms with E-state index in [4.69, 9.17) is 0 Å². The minimum absolute atomic E-state index is 0.498. The summed E-state index contributed by atoms with van der Waals surface area (Å²) in [5, 5.41) is 7.43. The van der Waals surface area contributed by atoms with Crippen LogP contribution < -0.4 is 4.90 Å². The van der Waals surface area contributed by atoms with Crippen LogP contribution in [0, 0.1) is 0 Å². The van der Waals surface area contributed by atoms with Crippen molar-refractivity contribution >= 4 is 49.4 Å². The first kappa shape index (κ1) is 32.2. The molecule has 0 saturated heterocycles. The highest BCUT2D eigenvalue weighted by Gasteiger charge is 2.47. The lowest BCUT2D eigenvalue weighted by Gasteiger charge is -2.34. The Morgan fingerprint density at radius 2 is 0.893 bits per heavy atom. The molecule has 0 N–H and O–H groups in total. The van der Waals surface area contributed by atoms with Crippen molar-refractivity contribution in [2.24, 2.45) is 0 Å². The number of rotatable bonds is 6. The van der Waals surface area contributed by atoms with Crippen molar-refractivity contribution in [3.8, 4) is 22.3 Å². The van der Waals surface area contributed by atoms with E-state index in [1.807, 2.05) is 0 Å². The molecular weight excluding hydrogens is 675 g/mol. The largest absolute Gasteiger partial charge is 0.309 e. The highest BCUT2D eigenvalue weighted by Crippen LogP contribution is 2.59. The van der Waals surface area contributed by atoms with Crippen molar-refractivity contribution in [2.45, 2.75) is 5.41 Å². The average Bonchev–Trinajstić information content (AvgIpc) is 3.59. The van der Waals surface area contributed by atoms with Gasteiger partial charge in [-0.25, -0.2) is 0 Å². The molecule has 0 spiro atoms. The topological polar surface area (TPSA) is 3.24 Å². The quantitative estimate of drug-likeness (QED) is 0.155. The lowest BCUT2D eigenvalue weighted by atomic mass is 9.68. The molecule has 0 fully saturated rings. The minimum atomic E-state index is -0.498. The van der Waals surface area contributed by atoms with E-state index in [1.165, 1.54) is 76.8 Å². The number of hydrogen-bond donors (Lipinski definition) is 0. The molecule has 1 nitrogen and oxygen atoms in total. The van der Waals surface area contributed by atoms with E-state index in [0.29, 0.717) is 0 Å². The first-order valence-corrected chi connectivity index (χ1v) is 19.4. The van der Waals surface area contributed by atoms with E-state index in [9.17, 15) is 0 Å². The summed E-state index contributed by atoms with van der Waals surface area (Å²) < 4.78 is 0. The van der Waals surface area contributed by atoms with Gasteiger partial charge in [-0.1, -0.05) is 194 Å². The normalized spacial score (nSPS) is 12.8. The van der Waals surface area contributed by atoms with E-state index in [2.05, 4.69) is 229 Å². The van der Waals surface area contributed by atoms with Gasteiger partial charge >= 0.3 is 0 Å². The standard InChI is InChI=1S/C55H37N/c1-3-19-43(20-4-1)55(44-21-5-2-6-22-44)50-27-14-13-26-49(50)54-51(55)28-15-29-52(54)56(53-37-42-18-9-10-23-46(42)47-24-11-12-25-48(47)53)45-34-32-39(33-35-45)41-31-30-38-16-7-8-17-40(38)36-41/h1-37H. The van der Waals surface area contributed by atoms with Crippen LogP contribution in [-0.4, -0.2) is 0 Å². The first-order valence-electron chi connectivity index (χ1n) is 19.4. The molecule has 0 aliphatic heterocycles. The van der Waals surface area contributed by atoms with Crippen LogP contribution in [0.5, 0.6) is 0 Å². The van der Waals surface area contributed by atoms with Gasteiger partial charge in [-0.2, -0.15) is 0 Å². The number of fused-ring (bicyclic) bond motifs is 7. The van der Waals surface area contributed by atoms with E-state index >= 15 is 0 Å². The van der Waals surface area contributed by atoms with Crippen LogP contribution in [0.15, 0.2) is 224 Å².